The van der Waals surface area contributed by atoms with Crippen LogP contribution in [0.1, 0.15) is 46.0 Å². The zero-order chi connectivity index (χ0) is 20.4. The fourth-order valence-corrected chi connectivity index (χ4v) is 4.04. The van der Waals surface area contributed by atoms with Crippen LogP contribution < -0.4 is 5.56 Å². The highest BCUT2D eigenvalue weighted by Gasteiger charge is 2.22. The highest BCUT2D eigenvalue weighted by Crippen LogP contribution is 2.28. The minimum absolute atomic E-state index is 0.193. The molecule has 0 fully saturated rings. The molecule has 0 aliphatic heterocycles. The number of carbonyl (C=O) groups is 1. The molecule has 0 radical (unpaired) electrons. The van der Waals surface area contributed by atoms with Gasteiger partial charge >= 0.3 is 5.97 Å². The number of nitrogens with zero attached hydrogens (tertiary/aromatic N) is 3. The largest absolute Gasteiger partial charge is 0.461 e. The van der Waals surface area contributed by atoms with Gasteiger partial charge in [-0.1, -0.05) is 26.0 Å². The Morgan fingerprint density at radius 2 is 2.11 bits per heavy atom. The molecule has 0 saturated heterocycles. The highest BCUT2D eigenvalue weighted by atomic mass is 32.1. The molecule has 6 nitrogen and oxygen atoms in total. The van der Waals surface area contributed by atoms with E-state index < -0.39 is 5.97 Å². The summed E-state index contributed by atoms with van der Waals surface area (Å²) in [6, 6.07) is 9.24. The van der Waals surface area contributed by atoms with Crippen LogP contribution in [0.4, 0.5) is 0 Å². The van der Waals surface area contributed by atoms with Gasteiger partial charge in [0.05, 0.1) is 30.2 Å². The van der Waals surface area contributed by atoms with E-state index in [2.05, 4.69) is 11.1 Å². The number of ether oxygens (including phenoxy) is 1. The maximum absolute atomic E-state index is 13.1. The molecule has 2 aromatic heterocycles. The predicted octanol–water partition coefficient (Wildman–Crippen LogP) is 3.81. The molecule has 0 aliphatic carbocycles. The Morgan fingerprint density at radius 1 is 1.36 bits per heavy atom. The number of hydrogen-bond acceptors (Lipinski definition) is 6. The van der Waals surface area contributed by atoms with Crippen molar-refractivity contribution in [3.63, 3.8) is 0 Å². The minimum atomic E-state index is -0.417. The fourth-order valence-electron chi connectivity index (χ4n) is 2.93. The van der Waals surface area contributed by atoms with Gasteiger partial charge in [-0.3, -0.25) is 9.36 Å². The highest BCUT2D eigenvalue weighted by molar-refractivity contribution is 7.20. The molecule has 0 aliphatic rings. The van der Waals surface area contributed by atoms with Crippen LogP contribution in [0, 0.1) is 31.1 Å². The lowest BCUT2D eigenvalue weighted by molar-refractivity contribution is 0.0464. The first-order chi connectivity index (χ1) is 13.3. The SMILES string of the molecule is Cc1c(C(=O)OCC(C)C)sc2nc(C)n(Cc3cccc(C#N)c3)c(=O)c12. The van der Waals surface area contributed by atoms with Gasteiger partial charge in [0, 0.05) is 0 Å². The average Bonchev–Trinajstić information content (AvgIpc) is 2.99. The Hall–Kier alpha value is -2.98. The Bertz CT molecular complexity index is 1150. The van der Waals surface area contributed by atoms with Gasteiger partial charge in [0.2, 0.25) is 0 Å². The number of hydrogen-bond donors (Lipinski definition) is 0. The third-order valence-electron chi connectivity index (χ3n) is 4.37. The number of benzene rings is 1. The van der Waals surface area contributed by atoms with E-state index in [4.69, 9.17) is 10.00 Å². The van der Waals surface area contributed by atoms with E-state index >= 15 is 0 Å². The molecule has 0 spiro atoms. The van der Waals surface area contributed by atoms with Gasteiger partial charge in [0.25, 0.3) is 5.56 Å². The van der Waals surface area contributed by atoms with Crippen LogP contribution in [0.3, 0.4) is 0 Å². The first-order valence-electron chi connectivity index (χ1n) is 8.98. The van der Waals surface area contributed by atoms with Crippen molar-refractivity contribution >= 4 is 27.5 Å². The summed E-state index contributed by atoms with van der Waals surface area (Å²) in [6.45, 7) is 8.10. The van der Waals surface area contributed by atoms with E-state index in [0.29, 0.717) is 45.2 Å². The van der Waals surface area contributed by atoms with Crippen LogP contribution in [-0.4, -0.2) is 22.1 Å². The molecule has 7 heteroatoms. The van der Waals surface area contributed by atoms with Crippen LogP contribution in [0.15, 0.2) is 29.1 Å². The second kappa shape index (κ2) is 7.95. The summed E-state index contributed by atoms with van der Waals surface area (Å²) >= 11 is 1.19. The van der Waals surface area contributed by atoms with E-state index in [1.165, 1.54) is 11.3 Å². The van der Waals surface area contributed by atoms with E-state index in [0.717, 1.165) is 5.56 Å². The fraction of sp³-hybridized carbons (Fsp3) is 0.333. The van der Waals surface area contributed by atoms with Gasteiger partial charge in [0.1, 0.15) is 15.5 Å². The predicted molar refractivity (Wildman–Crippen MR) is 109 cm³/mol. The van der Waals surface area contributed by atoms with Crippen molar-refractivity contribution in [2.24, 2.45) is 5.92 Å². The van der Waals surface area contributed by atoms with Gasteiger partial charge < -0.3 is 4.74 Å². The van der Waals surface area contributed by atoms with Crippen molar-refractivity contribution in [3.05, 3.63) is 62.0 Å². The van der Waals surface area contributed by atoms with Gasteiger partial charge in [-0.25, -0.2) is 9.78 Å². The van der Waals surface area contributed by atoms with Gasteiger partial charge in [0.15, 0.2) is 0 Å². The lowest BCUT2D eigenvalue weighted by atomic mass is 10.1. The smallest absolute Gasteiger partial charge is 0.348 e. The average molecular weight is 395 g/mol. The lowest BCUT2D eigenvalue weighted by Gasteiger charge is -2.10. The minimum Gasteiger partial charge on any atom is -0.461 e. The standard InChI is InChI=1S/C21H21N3O3S/c1-12(2)11-27-21(26)18-13(3)17-19(28-18)23-14(4)24(20(17)25)10-16-7-5-6-15(8-16)9-22/h5-8,12H,10-11H2,1-4H3. The van der Waals surface area contributed by atoms with Crippen molar-refractivity contribution in [1.82, 2.24) is 9.55 Å². The van der Waals surface area contributed by atoms with Crippen LogP contribution in [0.2, 0.25) is 0 Å². The quantitative estimate of drug-likeness (QED) is 0.613. The topological polar surface area (TPSA) is 85.0 Å². The zero-order valence-corrected chi connectivity index (χ0v) is 17.1. The third-order valence-corrected chi connectivity index (χ3v) is 5.54. The van der Waals surface area contributed by atoms with E-state index in [9.17, 15) is 9.59 Å². The summed E-state index contributed by atoms with van der Waals surface area (Å²) < 4.78 is 6.90. The van der Waals surface area contributed by atoms with Crippen LogP contribution in [0.25, 0.3) is 10.2 Å². The van der Waals surface area contributed by atoms with Crippen molar-refractivity contribution in [2.75, 3.05) is 6.61 Å². The van der Waals surface area contributed by atoms with Crippen molar-refractivity contribution < 1.29 is 9.53 Å². The Morgan fingerprint density at radius 3 is 2.79 bits per heavy atom. The van der Waals surface area contributed by atoms with Crippen molar-refractivity contribution in [2.45, 2.75) is 34.2 Å². The molecule has 0 unspecified atom stereocenters. The number of fused-ring (bicyclic) bond motifs is 1. The number of aromatic nitrogens is 2. The summed E-state index contributed by atoms with van der Waals surface area (Å²) in [5.41, 5.74) is 1.79. The van der Waals surface area contributed by atoms with E-state index in [1.54, 1.807) is 36.6 Å². The molecule has 0 saturated carbocycles. The number of carbonyl (C=O) groups excluding carboxylic acids is 1. The first kappa shape index (κ1) is 19.8. The monoisotopic (exact) mass is 395 g/mol. The molecular weight excluding hydrogens is 374 g/mol. The normalized spacial score (nSPS) is 11.0. The van der Waals surface area contributed by atoms with Gasteiger partial charge in [-0.05, 0) is 43.0 Å². The molecule has 0 bridgehead atoms. The molecule has 28 heavy (non-hydrogen) atoms. The van der Waals surface area contributed by atoms with Crippen LogP contribution in [0.5, 0.6) is 0 Å². The molecule has 0 atom stereocenters. The maximum atomic E-state index is 13.1. The summed E-state index contributed by atoms with van der Waals surface area (Å²) in [4.78, 5) is 31.1. The summed E-state index contributed by atoms with van der Waals surface area (Å²) in [5, 5.41) is 9.52. The van der Waals surface area contributed by atoms with Crippen LogP contribution >= 0.6 is 11.3 Å². The van der Waals surface area contributed by atoms with Crippen molar-refractivity contribution in [1.29, 1.82) is 5.26 Å². The maximum Gasteiger partial charge on any atom is 0.348 e. The second-order valence-electron chi connectivity index (χ2n) is 7.09. The number of esters is 1. The number of thiophene rings is 1. The molecule has 144 valence electrons. The Balaban J connectivity index is 2.04. The van der Waals surface area contributed by atoms with E-state index in [-0.39, 0.29) is 11.5 Å². The van der Waals surface area contributed by atoms with Crippen LogP contribution in [-0.2, 0) is 11.3 Å². The second-order valence-corrected chi connectivity index (χ2v) is 8.09. The number of nitriles is 1. The Kier molecular flexibility index (Phi) is 5.61. The molecule has 3 rings (SSSR count). The Labute approximate surface area is 167 Å². The summed E-state index contributed by atoms with van der Waals surface area (Å²) in [7, 11) is 0. The number of aryl methyl sites for hydroxylation is 2. The van der Waals surface area contributed by atoms with Crippen molar-refractivity contribution in [3.8, 4) is 6.07 Å². The molecule has 0 N–H and O–H groups in total. The summed E-state index contributed by atoms with van der Waals surface area (Å²) in [6.07, 6.45) is 0. The van der Waals surface area contributed by atoms with Gasteiger partial charge in [-0.2, -0.15) is 5.26 Å². The summed E-state index contributed by atoms with van der Waals surface area (Å²) in [5.74, 6) is 0.378. The lowest BCUT2D eigenvalue weighted by Crippen LogP contribution is -2.24. The molecular formula is C21H21N3O3S. The molecule has 3 aromatic rings. The van der Waals surface area contributed by atoms with Gasteiger partial charge in [-0.15, -0.1) is 11.3 Å². The zero-order valence-electron chi connectivity index (χ0n) is 16.3. The van der Waals surface area contributed by atoms with E-state index in [1.807, 2.05) is 19.9 Å². The number of rotatable bonds is 5. The molecule has 2 heterocycles. The molecule has 0 amide bonds. The third kappa shape index (κ3) is 3.82. The first-order valence-corrected chi connectivity index (χ1v) is 9.80. The molecule has 1 aromatic carbocycles.